The molecule has 2 fully saturated rings. The molecule has 0 unspecified atom stereocenters. The molecule has 0 amide bonds. The van der Waals surface area contributed by atoms with E-state index in [1.54, 1.807) is 0 Å². The molecule has 4 aliphatic rings. The topological polar surface area (TPSA) is 0 Å². The van der Waals surface area contributed by atoms with Gasteiger partial charge in [-0.15, -0.1) is 0 Å². The fraction of sp³-hybridized carbons (Fsp3) is 0. The summed E-state index contributed by atoms with van der Waals surface area (Å²) in [5.41, 5.74) is 0. The summed E-state index contributed by atoms with van der Waals surface area (Å²) in [5, 5.41) is 0. The van der Waals surface area contributed by atoms with Crippen LogP contribution in [0.25, 0.3) is 0 Å². The molecule has 104 valence electrons. The predicted molar refractivity (Wildman–Crippen MR) is 88.2 cm³/mol. The molecular weight excluding hydrogens is 331 g/mol. The van der Waals surface area contributed by atoms with Crippen LogP contribution in [0, 0.1) is 77.0 Å². The zero-order valence-corrected chi connectivity index (χ0v) is 15.0. The molecule has 0 aromatic rings. The molecule has 4 aliphatic carbocycles. The second-order valence-corrected chi connectivity index (χ2v) is 4.31. The number of rotatable bonds is 0. The Kier molecular flexibility index (Phi) is 10.5. The molecule has 4 rings (SSSR count). The van der Waals surface area contributed by atoms with E-state index >= 15 is 0 Å². The molecule has 1 heteroatoms. The van der Waals surface area contributed by atoms with Crippen molar-refractivity contribution in [3.05, 3.63) is 126 Å². The molecule has 0 atom stereocenters. The maximum atomic E-state index is 2.12. The Bertz CT molecular complexity index is 315. The number of hydrogen-bond donors (Lipinski definition) is 0. The number of allylic oxidation sites excluding steroid dienone is 8. The maximum Gasteiger partial charge on any atom is 2.00 e. The van der Waals surface area contributed by atoms with Gasteiger partial charge in [0.2, 0.25) is 0 Å². The van der Waals surface area contributed by atoms with Gasteiger partial charge in [0.1, 0.15) is 0 Å². The molecule has 0 saturated heterocycles. The zero-order chi connectivity index (χ0) is 12.2. The first-order valence-corrected chi connectivity index (χ1v) is 6.14. The van der Waals surface area contributed by atoms with Gasteiger partial charge in [0.25, 0.3) is 0 Å². The van der Waals surface area contributed by atoms with Crippen LogP contribution in [0.5, 0.6) is 0 Å². The molecule has 0 nitrogen and oxygen atoms in total. The van der Waals surface area contributed by atoms with Gasteiger partial charge in [-0.1, -0.05) is 48.6 Å². The molecule has 0 bridgehead atoms. The van der Waals surface area contributed by atoms with E-state index in [4.69, 9.17) is 0 Å². The van der Waals surface area contributed by atoms with Crippen LogP contribution in [0.15, 0.2) is 48.6 Å². The SMILES string of the molecule is [CH3-].[CH3-].[CH]1[CH][C]2C=CC=C[C]2[CH]1.[CH]1[CH][C]2C=CC=C[C]2[CH]1.[Zr+2]. The van der Waals surface area contributed by atoms with Gasteiger partial charge in [-0.25, -0.2) is 0 Å². The third-order valence-corrected chi connectivity index (χ3v) is 3.10. The van der Waals surface area contributed by atoms with Crippen molar-refractivity contribution in [2.24, 2.45) is 0 Å². The Labute approximate surface area is 151 Å². The summed E-state index contributed by atoms with van der Waals surface area (Å²) < 4.78 is 0. The van der Waals surface area contributed by atoms with Crippen LogP contribution in [0.1, 0.15) is 0 Å². The third-order valence-electron chi connectivity index (χ3n) is 3.10. The molecule has 0 N–H and O–H groups in total. The van der Waals surface area contributed by atoms with Gasteiger partial charge >= 0.3 is 26.2 Å². The van der Waals surface area contributed by atoms with Crippen LogP contribution in [0.4, 0.5) is 0 Å². The minimum absolute atomic E-state index is 0. The Balaban J connectivity index is 0.000000333. The maximum absolute atomic E-state index is 2.12. The van der Waals surface area contributed by atoms with E-state index in [0.717, 1.165) is 0 Å². The van der Waals surface area contributed by atoms with Crippen molar-refractivity contribution in [2.75, 3.05) is 0 Å². The molecule has 10 radical (unpaired) electrons. The first-order valence-electron chi connectivity index (χ1n) is 6.14. The van der Waals surface area contributed by atoms with Gasteiger partial charge in [-0.2, -0.15) is 0 Å². The van der Waals surface area contributed by atoms with Crippen LogP contribution in [0.2, 0.25) is 0 Å². The summed E-state index contributed by atoms with van der Waals surface area (Å²) in [6.45, 7) is 0. The summed E-state index contributed by atoms with van der Waals surface area (Å²) in [7, 11) is 0. The number of fused-ring (bicyclic) bond motifs is 2. The van der Waals surface area contributed by atoms with E-state index < -0.39 is 0 Å². The van der Waals surface area contributed by atoms with E-state index in [1.165, 1.54) is 23.7 Å². The molecule has 21 heavy (non-hydrogen) atoms. The molecule has 0 aliphatic heterocycles. The van der Waals surface area contributed by atoms with Gasteiger partial charge in [-0.05, 0) is 38.5 Å². The van der Waals surface area contributed by atoms with Crippen molar-refractivity contribution < 1.29 is 26.2 Å². The monoisotopic (exact) mass is 350 g/mol. The second-order valence-electron chi connectivity index (χ2n) is 4.31. The van der Waals surface area contributed by atoms with E-state index in [2.05, 4.69) is 87.1 Å². The van der Waals surface area contributed by atoms with Crippen molar-refractivity contribution in [3.8, 4) is 0 Å². The van der Waals surface area contributed by atoms with Crippen molar-refractivity contribution >= 4 is 0 Å². The molecule has 0 aromatic heterocycles. The fourth-order valence-corrected chi connectivity index (χ4v) is 2.14. The molecule has 0 spiro atoms. The van der Waals surface area contributed by atoms with E-state index in [0.29, 0.717) is 0 Å². The van der Waals surface area contributed by atoms with Crippen LogP contribution < -0.4 is 0 Å². The van der Waals surface area contributed by atoms with Gasteiger partial charge in [0, 0.05) is 23.7 Å². The first kappa shape index (κ1) is 20.8. The van der Waals surface area contributed by atoms with E-state index in [1.807, 2.05) is 0 Å². The molecule has 0 heterocycles. The van der Waals surface area contributed by atoms with Crippen molar-refractivity contribution in [1.82, 2.24) is 0 Å². The quantitative estimate of drug-likeness (QED) is 0.556. The Morgan fingerprint density at radius 2 is 0.667 bits per heavy atom. The molecule has 0 aromatic carbocycles. The van der Waals surface area contributed by atoms with Crippen molar-refractivity contribution in [1.29, 1.82) is 0 Å². The zero-order valence-electron chi connectivity index (χ0n) is 12.6. The normalized spacial score (nSPS) is 23.2. The van der Waals surface area contributed by atoms with Gasteiger partial charge in [0.05, 0.1) is 0 Å². The van der Waals surface area contributed by atoms with Gasteiger partial charge in [-0.3, -0.25) is 0 Å². The summed E-state index contributed by atoms with van der Waals surface area (Å²) >= 11 is 0. The summed E-state index contributed by atoms with van der Waals surface area (Å²) in [4.78, 5) is 0. The average molecular weight is 352 g/mol. The largest absolute Gasteiger partial charge is 2.00 e. The van der Waals surface area contributed by atoms with E-state index in [-0.39, 0.29) is 41.1 Å². The summed E-state index contributed by atoms with van der Waals surface area (Å²) in [5.74, 6) is 5.32. The standard InChI is InChI=1S/2C9H7.2CH3.Zr/c2*1-2-5-9-7-3-6-8(9)4-1;;;/h2*1-7H;2*1H3;/q;;2*-1;+2. The Morgan fingerprint density at radius 3 is 0.905 bits per heavy atom. The van der Waals surface area contributed by atoms with Crippen LogP contribution >= 0.6 is 0 Å². The fourth-order valence-electron chi connectivity index (χ4n) is 2.14. The minimum Gasteiger partial charge on any atom is -0.358 e. The van der Waals surface area contributed by atoms with Gasteiger partial charge in [0.15, 0.2) is 0 Å². The predicted octanol–water partition coefficient (Wildman–Crippen LogP) is 4.67. The van der Waals surface area contributed by atoms with Crippen molar-refractivity contribution in [2.45, 2.75) is 0 Å². The minimum atomic E-state index is 0. The number of hydrogen-bond acceptors (Lipinski definition) is 0. The summed E-state index contributed by atoms with van der Waals surface area (Å²) in [6.07, 6.45) is 29.3. The first-order chi connectivity index (χ1) is 8.93. The second kappa shape index (κ2) is 10.5. The van der Waals surface area contributed by atoms with Crippen LogP contribution in [-0.4, -0.2) is 0 Å². The third kappa shape index (κ3) is 5.52. The Morgan fingerprint density at radius 1 is 0.429 bits per heavy atom. The smallest absolute Gasteiger partial charge is 0.358 e. The molecular formula is C20H20Zr. The molecule has 2 saturated carbocycles. The van der Waals surface area contributed by atoms with Crippen LogP contribution in [-0.2, 0) is 26.2 Å². The van der Waals surface area contributed by atoms with Crippen LogP contribution in [0.3, 0.4) is 0 Å². The van der Waals surface area contributed by atoms with Gasteiger partial charge < -0.3 is 14.9 Å². The Hall–Kier alpha value is -0.157. The summed E-state index contributed by atoms with van der Waals surface area (Å²) in [6, 6.07) is 0. The van der Waals surface area contributed by atoms with Crippen molar-refractivity contribution in [3.63, 3.8) is 0 Å². The van der Waals surface area contributed by atoms with E-state index in [9.17, 15) is 0 Å². The average Bonchev–Trinajstić information content (AvgIpc) is 3.08.